The van der Waals surface area contributed by atoms with Crippen molar-refractivity contribution >= 4 is 23.2 Å². The Morgan fingerprint density at radius 2 is 2.25 bits per heavy atom. The lowest BCUT2D eigenvalue weighted by Gasteiger charge is -2.09. The molecular formula is C8H9Cl2NO. The Bertz CT molecular complexity index is 278. The molecule has 1 aromatic rings. The van der Waals surface area contributed by atoms with E-state index in [2.05, 4.69) is 4.98 Å². The Morgan fingerprint density at radius 1 is 1.58 bits per heavy atom. The second kappa shape index (κ2) is 4.08. The summed E-state index contributed by atoms with van der Waals surface area (Å²) in [7, 11) is 0. The molecule has 4 heteroatoms. The molecule has 12 heavy (non-hydrogen) atoms. The first-order valence-corrected chi connectivity index (χ1v) is 4.33. The number of aliphatic hydroxyl groups is 1. The van der Waals surface area contributed by atoms with E-state index in [1.807, 2.05) is 6.92 Å². The van der Waals surface area contributed by atoms with E-state index in [9.17, 15) is 0 Å². The van der Waals surface area contributed by atoms with Gasteiger partial charge in [0.15, 0.2) is 0 Å². The smallest absolute Gasteiger partial charge is 0.0811 e. The molecule has 66 valence electrons. The fourth-order valence-electron chi connectivity index (χ4n) is 0.865. The van der Waals surface area contributed by atoms with Crippen molar-refractivity contribution in [2.24, 2.45) is 0 Å². The quantitative estimate of drug-likeness (QED) is 0.806. The maximum Gasteiger partial charge on any atom is 0.0811 e. The van der Waals surface area contributed by atoms with Crippen molar-refractivity contribution in [3.05, 3.63) is 28.0 Å². The number of nitrogens with zero attached hydrogens (tertiary/aromatic N) is 1. The lowest BCUT2D eigenvalue weighted by Crippen LogP contribution is -2.02. The van der Waals surface area contributed by atoms with Crippen LogP contribution < -0.4 is 0 Å². The summed E-state index contributed by atoms with van der Waals surface area (Å²) < 4.78 is 0. The van der Waals surface area contributed by atoms with Gasteiger partial charge in [-0.25, -0.2) is 0 Å². The van der Waals surface area contributed by atoms with Crippen molar-refractivity contribution in [2.75, 3.05) is 6.61 Å². The number of hydrogen-bond acceptors (Lipinski definition) is 2. The average Bonchev–Trinajstić information content (AvgIpc) is 2.08. The van der Waals surface area contributed by atoms with Crippen molar-refractivity contribution < 1.29 is 5.11 Å². The van der Waals surface area contributed by atoms with Gasteiger partial charge in [0.2, 0.25) is 0 Å². The van der Waals surface area contributed by atoms with Crippen molar-refractivity contribution in [1.29, 1.82) is 0 Å². The average molecular weight is 206 g/mol. The van der Waals surface area contributed by atoms with Crippen LogP contribution in [0.4, 0.5) is 0 Å². The first-order chi connectivity index (χ1) is 5.66. The topological polar surface area (TPSA) is 33.1 Å². The third-order valence-electron chi connectivity index (χ3n) is 1.61. The van der Waals surface area contributed by atoms with E-state index in [4.69, 9.17) is 28.3 Å². The SMILES string of the molecule is CC(CO)c1nccc(Cl)c1Cl. The largest absolute Gasteiger partial charge is 0.396 e. The second-order valence-electron chi connectivity index (χ2n) is 2.58. The number of aromatic nitrogens is 1. The molecule has 0 radical (unpaired) electrons. The van der Waals surface area contributed by atoms with E-state index < -0.39 is 0 Å². The Kier molecular flexibility index (Phi) is 3.32. The van der Waals surface area contributed by atoms with Crippen LogP contribution in [-0.2, 0) is 0 Å². The summed E-state index contributed by atoms with van der Waals surface area (Å²) in [5, 5.41) is 9.77. The zero-order valence-corrected chi connectivity index (χ0v) is 8.10. The Labute approximate surface area is 81.1 Å². The number of halogens is 2. The number of hydrogen-bond donors (Lipinski definition) is 1. The molecule has 0 saturated heterocycles. The molecular weight excluding hydrogens is 197 g/mol. The third-order valence-corrected chi connectivity index (χ3v) is 2.42. The second-order valence-corrected chi connectivity index (χ2v) is 3.36. The van der Waals surface area contributed by atoms with Crippen molar-refractivity contribution in [1.82, 2.24) is 4.98 Å². The van der Waals surface area contributed by atoms with Gasteiger partial charge in [0.1, 0.15) is 0 Å². The Hall–Kier alpha value is -0.310. The summed E-state index contributed by atoms with van der Waals surface area (Å²) in [6, 6.07) is 1.62. The minimum atomic E-state index is -0.0730. The predicted octanol–water partition coefficient (Wildman–Crippen LogP) is 2.48. The molecule has 1 atom stereocenters. The molecule has 0 aromatic carbocycles. The van der Waals surface area contributed by atoms with Gasteiger partial charge in [-0.3, -0.25) is 4.98 Å². The molecule has 0 fully saturated rings. The summed E-state index contributed by atoms with van der Waals surface area (Å²) >= 11 is 11.6. The lowest BCUT2D eigenvalue weighted by molar-refractivity contribution is 0.271. The van der Waals surface area contributed by atoms with Gasteiger partial charge in [-0.05, 0) is 6.07 Å². The van der Waals surface area contributed by atoms with E-state index in [1.165, 1.54) is 0 Å². The fourth-order valence-corrected chi connectivity index (χ4v) is 1.32. The van der Waals surface area contributed by atoms with E-state index in [0.717, 1.165) is 0 Å². The first kappa shape index (κ1) is 9.78. The highest BCUT2D eigenvalue weighted by Crippen LogP contribution is 2.28. The molecule has 0 aliphatic heterocycles. The molecule has 1 rings (SSSR count). The zero-order valence-electron chi connectivity index (χ0n) is 6.59. The molecule has 0 aliphatic carbocycles. The highest BCUT2D eigenvalue weighted by molar-refractivity contribution is 6.42. The molecule has 1 aromatic heterocycles. The van der Waals surface area contributed by atoms with Crippen LogP contribution in [0.15, 0.2) is 12.3 Å². The third kappa shape index (κ3) is 1.89. The van der Waals surface area contributed by atoms with Gasteiger partial charge in [-0.15, -0.1) is 0 Å². The van der Waals surface area contributed by atoms with Gasteiger partial charge < -0.3 is 5.11 Å². The summed E-state index contributed by atoms with van der Waals surface area (Å²) in [5.41, 5.74) is 0.645. The van der Waals surface area contributed by atoms with Crippen LogP contribution in [0.1, 0.15) is 18.5 Å². The molecule has 1 heterocycles. The van der Waals surface area contributed by atoms with Gasteiger partial charge in [0.25, 0.3) is 0 Å². The molecule has 2 nitrogen and oxygen atoms in total. The zero-order chi connectivity index (χ0) is 9.14. The minimum absolute atomic E-state index is 0.0209. The maximum absolute atomic E-state index is 8.86. The molecule has 0 bridgehead atoms. The van der Waals surface area contributed by atoms with Crippen LogP contribution in [0.2, 0.25) is 10.0 Å². The van der Waals surface area contributed by atoms with Crippen molar-refractivity contribution in [3.8, 4) is 0 Å². The van der Waals surface area contributed by atoms with Crippen molar-refractivity contribution in [3.63, 3.8) is 0 Å². The Morgan fingerprint density at radius 3 is 2.83 bits per heavy atom. The number of rotatable bonds is 2. The van der Waals surface area contributed by atoms with Gasteiger partial charge in [0.05, 0.1) is 22.3 Å². The maximum atomic E-state index is 8.86. The first-order valence-electron chi connectivity index (χ1n) is 3.57. The molecule has 0 saturated carbocycles. The van der Waals surface area contributed by atoms with Crippen LogP contribution in [0.5, 0.6) is 0 Å². The Balaban J connectivity index is 3.07. The molecule has 1 unspecified atom stereocenters. The molecule has 0 spiro atoms. The fraction of sp³-hybridized carbons (Fsp3) is 0.375. The van der Waals surface area contributed by atoms with Crippen LogP contribution in [0, 0.1) is 0 Å². The molecule has 0 aliphatic rings. The predicted molar refractivity (Wildman–Crippen MR) is 49.8 cm³/mol. The standard InChI is InChI=1S/C8H9Cl2NO/c1-5(4-12)8-7(10)6(9)2-3-11-8/h2-3,5,12H,4H2,1H3. The minimum Gasteiger partial charge on any atom is -0.396 e. The normalized spacial score (nSPS) is 13.0. The van der Waals surface area contributed by atoms with Gasteiger partial charge in [0, 0.05) is 12.1 Å². The monoisotopic (exact) mass is 205 g/mol. The van der Waals surface area contributed by atoms with Crippen LogP contribution >= 0.6 is 23.2 Å². The van der Waals surface area contributed by atoms with Gasteiger partial charge >= 0.3 is 0 Å². The highest BCUT2D eigenvalue weighted by Gasteiger charge is 2.11. The summed E-state index contributed by atoms with van der Waals surface area (Å²) in [6.45, 7) is 1.86. The van der Waals surface area contributed by atoms with Crippen LogP contribution in [0.25, 0.3) is 0 Å². The summed E-state index contributed by atoms with van der Waals surface area (Å²) in [4.78, 5) is 4.03. The van der Waals surface area contributed by atoms with Crippen LogP contribution in [-0.4, -0.2) is 16.7 Å². The van der Waals surface area contributed by atoms with E-state index in [1.54, 1.807) is 12.3 Å². The molecule has 1 N–H and O–H groups in total. The summed E-state index contributed by atoms with van der Waals surface area (Å²) in [6.07, 6.45) is 1.58. The van der Waals surface area contributed by atoms with E-state index in [0.29, 0.717) is 15.7 Å². The van der Waals surface area contributed by atoms with E-state index >= 15 is 0 Å². The van der Waals surface area contributed by atoms with Crippen LogP contribution in [0.3, 0.4) is 0 Å². The van der Waals surface area contributed by atoms with Crippen molar-refractivity contribution in [2.45, 2.75) is 12.8 Å². The van der Waals surface area contributed by atoms with Gasteiger partial charge in [-0.2, -0.15) is 0 Å². The number of pyridine rings is 1. The number of aliphatic hydroxyl groups excluding tert-OH is 1. The highest BCUT2D eigenvalue weighted by atomic mass is 35.5. The lowest BCUT2D eigenvalue weighted by atomic mass is 10.1. The summed E-state index contributed by atoms with van der Waals surface area (Å²) in [5.74, 6) is -0.0730. The van der Waals surface area contributed by atoms with E-state index in [-0.39, 0.29) is 12.5 Å². The van der Waals surface area contributed by atoms with Gasteiger partial charge in [-0.1, -0.05) is 30.1 Å². The molecule has 0 amide bonds.